The van der Waals surface area contributed by atoms with E-state index in [0.717, 1.165) is 11.4 Å². The minimum absolute atomic E-state index is 0.0998. The van der Waals surface area contributed by atoms with Crippen molar-refractivity contribution in [2.24, 2.45) is 0 Å². The normalized spacial score (nSPS) is 10.3. The van der Waals surface area contributed by atoms with Crippen LogP contribution in [0.15, 0.2) is 48.5 Å². The van der Waals surface area contributed by atoms with E-state index in [2.05, 4.69) is 16.0 Å². The number of hydrogen-bond donors (Lipinski definition) is 3. The molecule has 2 rings (SSSR count). The molecule has 0 bridgehead atoms. The molecule has 2 aromatic carbocycles. The van der Waals surface area contributed by atoms with Crippen LogP contribution >= 0.6 is 0 Å². The number of carbonyl (C=O) groups excluding carboxylic acids is 2. The Morgan fingerprint density at radius 2 is 1.62 bits per heavy atom. The fraction of sp³-hybridized carbons (Fsp3) is 0.300. The molecule has 0 heterocycles. The molecule has 138 valence electrons. The molecule has 6 heteroatoms. The van der Waals surface area contributed by atoms with Gasteiger partial charge in [0.05, 0.1) is 6.10 Å². The lowest BCUT2D eigenvalue weighted by Gasteiger charge is -2.11. The Bertz CT molecular complexity index is 742. The van der Waals surface area contributed by atoms with E-state index in [1.54, 1.807) is 24.3 Å². The van der Waals surface area contributed by atoms with Crippen LogP contribution in [0.25, 0.3) is 0 Å². The molecule has 0 spiro atoms. The average molecular weight is 355 g/mol. The summed E-state index contributed by atoms with van der Waals surface area (Å²) in [6.45, 7) is 5.92. The fourth-order valence-electron chi connectivity index (χ4n) is 2.35. The third-order valence-corrected chi connectivity index (χ3v) is 3.37. The van der Waals surface area contributed by atoms with Crippen molar-refractivity contribution >= 4 is 28.9 Å². The van der Waals surface area contributed by atoms with Crippen molar-refractivity contribution in [2.45, 2.75) is 33.3 Å². The van der Waals surface area contributed by atoms with Crippen molar-refractivity contribution in [3.8, 4) is 5.75 Å². The van der Waals surface area contributed by atoms with Crippen molar-refractivity contribution in [1.29, 1.82) is 0 Å². The Labute approximate surface area is 153 Å². The standard InChI is InChI=1S/C20H25N3O3/c1-14(2)26-19-9-7-16(8-10-19)21-12-11-20(25)23-18-6-4-5-17(13-18)22-15(3)24/h4-10,13-14,21H,11-12H2,1-3H3,(H,22,24)(H,23,25). The van der Waals surface area contributed by atoms with Gasteiger partial charge in [-0.05, 0) is 56.3 Å². The molecular formula is C20H25N3O3. The van der Waals surface area contributed by atoms with Gasteiger partial charge in [-0.25, -0.2) is 0 Å². The highest BCUT2D eigenvalue weighted by molar-refractivity contribution is 5.93. The van der Waals surface area contributed by atoms with E-state index in [0.29, 0.717) is 24.3 Å². The Hall–Kier alpha value is -3.02. The van der Waals surface area contributed by atoms with E-state index in [-0.39, 0.29) is 17.9 Å². The molecule has 3 N–H and O–H groups in total. The molecule has 0 radical (unpaired) electrons. The van der Waals surface area contributed by atoms with Crippen LogP contribution < -0.4 is 20.7 Å². The maximum absolute atomic E-state index is 12.1. The van der Waals surface area contributed by atoms with Crippen LogP contribution in [0, 0.1) is 0 Å². The van der Waals surface area contributed by atoms with Crippen molar-refractivity contribution < 1.29 is 14.3 Å². The molecule has 2 amide bonds. The van der Waals surface area contributed by atoms with Crippen LogP contribution in [0.2, 0.25) is 0 Å². The molecule has 0 aliphatic carbocycles. The Balaban J connectivity index is 1.77. The summed E-state index contributed by atoms with van der Waals surface area (Å²) in [5, 5.41) is 8.71. The van der Waals surface area contributed by atoms with Crippen LogP contribution in [-0.2, 0) is 9.59 Å². The molecule has 6 nitrogen and oxygen atoms in total. The van der Waals surface area contributed by atoms with Crippen molar-refractivity contribution in [3.05, 3.63) is 48.5 Å². The van der Waals surface area contributed by atoms with E-state index in [4.69, 9.17) is 4.74 Å². The van der Waals surface area contributed by atoms with E-state index < -0.39 is 0 Å². The van der Waals surface area contributed by atoms with Gasteiger partial charge in [-0.2, -0.15) is 0 Å². The van der Waals surface area contributed by atoms with E-state index in [1.807, 2.05) is 38.1 Å². The van der Waals surface area contributed by atoms with Gasteiger partial charge in [0.25, 0.3) is 0 Å². The second-order valence-electron chi connectivity index (χ2n) is 6.18. The molecule has 0 aliphatic heterocycles. The summed E-state index contributed by atoms with van der Waals surface area (Å²) in [4.78, 5) is 23.1. The summed E-state index contributed by atoms with van der Waals surface area (Å²) >= 11 is 0. The first-order valence-corrected chi connectivity index (χ1v) is 8.60. The van der Waals surface area contributed by atoms with E-state index in [9.17, 15) is 9.59 Å². The lowest BCUT2D eigenvalue weighted by Crippen LogP contribution is -2.16. The molecular weight excluding hydrogens is 330 g/mol. The molecule has 0 atom stereocenters. The number of anilines is 3. The molecule has 26 heavy (non-hydrogen) atoms. The van der Waals surface area contributed by atoms with Gasteiger partial charge >= 0.3 is 0 Å². The first-order valence-electron chi connectivity index (χ1n) is 8.60. The highest BCUT2D eigenvalue weighted by Gasteiger charge is 2.04. The largest absolute Gasteiger partial charge is 0.491 e. The number of carbonyl (C=O) groups is 2. The highest BCUT2D eigenvalue weighted by Crippen LogP contribution is 2.17. The summed E-state index contributed by atoms with van der Waals surface area (Å²) in [6.07, 6.45) is 0.468. The summed E-state index contributed by atoms with van der Waals surface area (Å²) < 4.78 is 5.59. The number of amides is 2. The van der Waals surface area contributed by atoms with Gasteiger partial charge in [0.15, 0.2) is 0 Å². The molecule has 2 aromatic rings. The van der Waals surface area contributed by atoms with Crippen LogP contribution in [0.5, 0.6) is 5.75 Å². The van der Waals surface area contributed by atoms with Crippen molar-refractivity contribution in [1.82, 2.24) is 0 Å². The lowest BCUT2D eigenvalue weighted by atomic mass is 10.2. The van der Waals surface area contributed by atoms with E-state index >= 15 is 0 Å². The number of hydrogen-bond acceptors (Lipinski definition) is 4. The maximum Gasteiger partial charge on any atom is 0.226 e. The second-order valence-corrected chi connectivity index (χ2v) is 6.18. The zero-order valence-corrected chi connectivity index (χ0v) is 15.3. The predicted octanol–water partition coefficient (Wildman–Crippen LogP) is 3.87. The smallest absolute Gasteiger partial charge is 0.226 e. The second kappa shape index (κ2) is 9.46. The minimum Gasteiger partial charge on any atom is -0.491 e. The number of ether oxygens (including phenoxy) is 1. The number of rotatable bonds is 8. The monoisotopic (exact) mass is 355 g/mol. The quantitative estimate of drug-likeness (QED) is 0.671. The van der Waals surface area contributed by atoms with Gasteiger partial charge in [0.2, 0.25) is 11.8 Å². The first-order chi connectivity index (χ1) is 12.4. The van der Waals surface area contributed by atoms with Crippen LogP contribution in [0.4, 0.5) is 17.1 Å². The van der Waals surface area contributed by atoms with Crippen molar-refractivity contribution in [3.63, 3.8) is 0 Å². The van der Waals surface area contributed by atoms with Crippen LogP contribution in [0.1, 0.15) is 27.2 Å². The van der Waals surface area contributed by atoms with Gasteiger partial charge in [-0.3, -0.25) is 9.59 Å². The molecule has 0 aromatic heterocycles. The minimum atomic E-state index is -0.150. The van der Waals surface area contributed by atoms with Crippen LogP contribution in [0.3, 0.4) is 0 Å². The van der Waals surface area contributed by atoms with Gasteiger partial charge < -0.3 is 20.7 Å². The van der Waals surface area contributed by atoms with Gasteiger partial charge in [0, 0.05) is 37.0 Å². The summed E-state index contributed by atoms with van der Waals surface area (Å²) in [7, 11) is 0. The molecule has 0 aliphatic rings. The molecule has 0 saturated heterocycles. The van der Waals surface area contributed by atoms with Gasteiger partial charge in [-0.1, -0.05) is 6.07 Å². The van der Waals surface area contributed by atoms with Gasteiger partial charge in [0.1, 0.15) is 5.75 Å². The summed E-state index contributed by atoms with van der Waals surface area (Å²) in [5.41, 5.74) is 2.23. The summed E-state index contributed by atoms with van der Waals surface area (Å²) in [6, 6.07) is 14.7. The Kier molecular flexibility index (Phi) is 7.02. The Morgan fingerprint density at radius 1 is 0.962 bits per heavy atom. The zero-order chi connectivity index (χ0) is 18.9. The SMILES string of the molecule is CC(=O)Nc1cccc(NC(=O)CCNc2ccc(OC(C)C)cc2)c1. The molecule has 0 fully saturated rings. The van der Waals surface area contributed by atoms with Crippen molar-refractivity contribution in [2.75, 3.05) is 22.5 Å². The third kappa shape index (κ3) is 6.84. The van der Waals surface area contributed by atoms with Gasteiger partial charge in [-0.15, -0.1) is 0 Å². The summed E-state index contributed by atoms with van der Waals surface area (Å²) in [5.74, 6) is 0.571. The van der Waals surface area contributed by atoms with Crippen LogP contribution in [-0.4, -0.2) is 24.5 Å². The average Bonchev–Trinajstić information content (AvgIpc) is 2.55. The fourth-order valence-corrected chi connectivity index (χ4v) is 2.35. The van der Waals surface area contributed by atoms with E-state index in [1.165, 1.54) is 6.92 Å². The molecule has 0 unspecified atom stereocenters. The maximum atomic E-state index is 12.1. The lowest BCUT2D eigenvalue weighted by molar-refractivity contribution is -0.116. The Morgan fingerprint density at radius 3 is 2.23 bits per heavy atom. The first kappa shape index (κ1) is 19.3. The zero-order valence-electron chi connectivity index (χ0n) is 15.3. The predicted molar refractivity (Wildman–Crippen MR) is 105 cm³/mol. The number of nitrogens with one attached hydrogen (secondary N) is 3. The topological polar surface area (TPSA) is 79.5 Å². The number of benzene rings is 2. The third-order valence-electron chi connectivity index (χ3n) is 3.37. The highest BCUT2D eigenvalue weighted by atomic mass is 16.5. The molecule has 0 saturated carbocycles.